The van der Waals surface area contributed by atoms with E-state index in [2.05, 4.69) is 10.2 Å². The molecule has 1 aliphatic carbocycles. The highest BCUT2D eigenvalue weighted by Crippen LogP contribution is 2.26. The molecule has 6 nitrogen and oxygen atoms in total. The third kappa shape index (κ3) is 3.65. The summed E-state index contributed by atoms with van der Waals surface area (Å²) in [5.41, 5.74) is 0.997. The Bertz CT molecular complexity index is 748. The van der Waals surface area contributed by atoms with E-state index in [1.54, 1.807) is 17.0 Å². The van der Waals surface area contributed by atoms with Gasteiger partial charge < -0.3 is 14.6 Å². The molecule has 2 fully saturated rings. The average Bonchev–Trinajstić information content (AvgIpc) is 3.31. The molecule has 1 N–H and O–H groups in total. The number of carbonyl (C=O) groups excluding carboxylic acids is 2. The zero-order valence-electron chi connectivity index (χ0n) is 14.6. The van der Waals surface area contributed by atoms with Gasteiger partial charge in [0.1, 0.15) is 6.04 Å². The van der Waals surface area contributed by atoms with E-state index in [-0.39, 0.29) is 17.9 Å². The quantitative estimate of drug-likeness (QED) is 0.894. The lowest BCUT2D eigenvalue weighted by molar-refractivity contribution is -0.127. The number of carbonyl (C=O) groups is 2. The Morgan fingerprint density at radius 3 is 2.35 bits per heavy atom. The van der Waals surface area contributed by atoms with Crippen LogP contribution in [0.25, 0.3) is 0 Å². The SMILES string of the molecule is O=C(NC1CC1)C(c1ccccc1)N1CCN(C(=O)c2ccco2)CC1. The van der Waals surface area contributed by atoms with E-state index in [4.69, 9.17) is 4.42 Å². The van der Waals surface area contributed by atoms with E-state index in [0.29, 0.717) is 38.0 Å². The molecular formula is C20H23N3O3. The number of piperazine rings is 1. The summed E-state index contributed by atoms with van der Waals surface area (Å²) in [4.78, 5) is 29.2. The van der Waals surface area contributed by atoms with Crippen molar-refractivity contribution in [3.05, 3.63) is 60.1 Å². The molecule has 2 amide bonds. The standard InChI is InChI=1S/C20H23N3O3/c24-19(21-16-8-9-16)18(15-5-2-1-3-6-15)22-10-12-23(13-11-22)20(25)17-7-4-14-26-17/h1-7,14,16,18H,8-13H2,(H,21,24). The van der Waals surface area contributed by atoms with Crippen molar-refractivity contribution < 1.29 is 14.0 Å². The van der Waals surface area contributed by atoms with Crippen molar-refractivity contribution in [2.75, 3.05) is 26.2 Å². The first kappa shape index (κ1) is 16.8. The van der Waals surface area contributed by atoms with E-state index < -0.39 is 0 Å². The topological polar surface area (TPSA) is 65.8 Å². The fraction of sp³-hybridized carbons (Fsp3) is 0.400. The summed E-state index contributed by atoms with van der Waals surface area (Å²) in [5, 5.41) is 3.13. The second-order valence-electron chi connectivity index (χ2n) is 6.90. The smallest absolute Gasteiger partial charge is 0.289 e. The van der Waals surface area contributed by atoms with Crippen LogP contribution in [0.2, 0.25) is 0 Å². The molecule has 2 heterocycles. The lowest BCUT2D eigenvalue weighted by Gasteiger charge is -2.38. The lowest BCUT2D eigenvalue weighted by atomic mass is 10.0. The summed E-state index contributed by atoms with van der Waals surface area (Å²) in [6.07, 6.45) is 3.65. The fourth-order valence-electron chi connectivity index (χ4n) is 3.41. The van der Waals surface area contributed by atoms with Crippen LogP contribution in [-0.2, 0) is 4.79 Å². The van der Waals surface area contributed by atoms with Gasteiger partial charge in [0.25, 0.3) is 5.91 Å². The van der Waals surface area contributed by atoms with Crippen LogP contribution < -0.4 is 5.32 Å². The highest BCUT2D eigenvalue weighted by atomic mass is 16.3. The fourth-order valence-corrected chi connectivity index (χ4v) is 3.41. The minimum atomic E-state index is -0.308. The zero-order valence-corrected chi connectivity index (χ0v) is 14.6. The van der Waals surface area contributed by atoms with Crippen molar-refractivity contribution in [1.82, 2.24) is 15.1 Å². The maximum atomic E-state index is 12.8. The molecule has 1 saturated heterocycles. The molecule has 1 aromatic heterocycles. The van der Waals surface area contributed by atoms with Crippen molar-refractivity contribution in [2.45, 2.75) is 24.9 Å². The Labute approximate surface area is 152 Å². The summed E-state index contributed by atoms with van der Waals surface area (Å²) in [7, 11) is 0. The third-order valence-electron chi connectivity index (χ3n) is 4.99. The average molecular weight is 353 g/mol. The van der Waals surface area contributed by atoms with Crippen molar-refractivity contribution in [2.24, 2.45) is 0 Å². The van der Waals surface area contributed by atoms with E-state index in [0.717, 1.165) is 18.4 Å². The number of rotatable bonds is 5. The van der Waals surface area contributed by atoms with Crippen molar-refractivity contribution >= 4 is 11.8 Å². The number of hydrogen-bond acceptors (Lipinski definition) is 4. The Hall–Kier alpha value is -2.60. The first-order valence-electron chi connectivity index (χ1n) is 9.14. The highest BCUT2D eigenvalue weighted by Gasteiger charge is 2.34. The molecular weight excluding hydrogens is 330 g/mol. The van der Waals surface area contributed by atoms with Crippen LogP contribution in [0, 0.1) is 0 Å². The normalized spacial score (nSPS) is 19.2. The molecule has 1 aliphatic heterocycles. The molecule has 1 unspecified atom stereocenters. The van der Waals surface area contributed by atoms with E-state index in [9.17, 15) is 9.59 Å². The maximum absolute atomic E-state index is 12.8. The monoisotopic (exact) mass is 353 g/mol. The second kappa shape index (κ2) is 7.33. The number of furan rings is 1. The van der Waals surface area contributed by atoms with E-state index in [1.807, 2.05) is 30.3 Å². The molecule has 1 atom stereocenters. The zero-order chi connectivity index (χ0) is 17.9. The first-order chi connectivity index (χ1) is 12.7. The molecule has 0 radical (unpaired) electrons. The molecule has 0 bridgehead atoms. The summed E-state index contributed by atoms with van der Waals surface area (Å²) >= 11 is 0. The number of benzene rings is 1. The highest BCUT2D eigenvalue weighted by molar-refractivity contribution is 5.91. The number of hydrogen-bond donors (Lipinski definition) is 1. The Morgan fingerprint density at radius 1 is 1.00 bits per heavy atom. The molecule has 6 heteroatoms. The predicted octanol–water partition coefficient (Wildman–Crippen LogP) is 2.06. The van der Waals surface area contributed by atoms with Crippen LogP contribution in [0.15, 0.2) is 53.1 Å². The summed E-state index contributed by atoms with van der Waals surface area (Å²) in [6, 6.07) is 13.3. The van der Waals surface area contributed by atoms with Gasteiger partial charge in [-0.15, -0.1) is 0 Å². The van der Waals surface area contributed by atoms with Gasteiger partial charge in [0.15, 0.2) is 5.76 Å². The Balaban J connectivity index is 1.45. The van der Waals surface area contributed by atoms with Gasteiger partial charge in [-0.2, -0.15) is 0 Å². The minimum absolute atomic E-state index is 0.0597. The Kier molecular flexibility index (Phi) is 4.75. The summed E-state index contributed by atoms with van der Waals surface area (Å²) < 4.78 is 5.21. The maximum Gasteiger partial charge on any atom is 0.289 e. The molecule has 2 aromatic rings. The van der Waals surface area contributed by atoms with Gasteiger partial charge in [-0.05, 0) is 30.5 Å². The van der Waals surface area contributed by atoms with Crippen LogP contribution in [-0.4, -0.2) is 53.8 Å². The molecule has 4 rings (SSSR count). The van der Waals surface area contributed by atoms with Crippen LogP contribution in [0.4, 0.5) is 0 Å². The van der Waals surface area contributed by atoms with E-state index in [1.165, 1.54) is 6.26 Å². The number of amides is 2. The molecule has 0 spiro atoms. The van der Waals surface area contributed by atoms with Crippen LogP contribution in [0.1, 0.15) is 35.0 Å². The van der Waals surface area contributed by atoms with Crippen LogP contribution >= 0.6 is 0 Å². The Morgan fingerprint density at radius 2 is 1.73 bits per heavy atom. The van der Waals surface area contributed by atoms with Gasteiger partial charge >= 0.3 is 0 Å². The van der Waals surface area contributed by atoms with Gasteiger partial charge in [0.05, 0.1) is 6.26 Å². The van der Waals surface area contributed by atoms with Gasteiger partial charge in [-0.1, -0.05) is 30.3 Å². The summed E-state index contributed by atoms with van der Waals surface area (Å²) in [6.45, 7) is 2.48. The molecule has 1 saturated carbocycles. The summed E-state index contributed by atoms with van der Waals surface area (Å²) in [5.74, 6) is 0.336. The molecule has 1 aromatic carbocycles. The lowest BCUT2D eigenvalue weighted by Crippen LogP contribution is -2.52. The molecule has 2 aliphatic rings. The van der Waals surface area contributed by atoms with Crippen molar-refractivity contribution in [1.29, 1.82) is 0 Å². The van der Waals surface area contributed by atoms with Crippen LogP contribution in [0.5, 0.6) is 0 Å². The van der Waals surface area contributed by atoms with Gasteiger partial charge in [0.2, 0.25) is 5.91 Å². The largest absolute Gasteiger partial charge is 0.459 e. The number of nitrogens with zero attached hydrogens (tertiary/aromatic N) is 2. The first-order valence-corrected chi connectivity index (χ1v) is 9.14. The van der Waals surface area contributed by atoms with Crippen LogP contribution in [0.3, 0.4) is 0 Å². The van der Waals surface area contributed by atoms with Gasteiger partial charge in [-0.25, -0.2) is 0 Å². The van der Waals surface area contributed by atoms with Gasteiger partial charge in [-0.3, -0.25) is 14.5 Å². The van der Waals surface area contributed by atoms with Crippen molar-refractivity contribution in [3.8, 4) is 0 Å². The predicted molar refractivity (Wildman–Crippen MR) is 96.5 cm³/mol. The third-order valence-corrected chi connectivity index (χ3v) is 4.99. The van der Waals surface area contributed by atoms with Gasteiger partial charge in [0, 0.05) is 32.2 Å². The minimum Gasteiger partial charge on any atom is -0.459 e. The van der Waals surface area contributed by atoms with Crippen molar-refractivity contribution in [3.63, 3.8) is 0 Å². The second-order valence-corrected chi connectivity index (χ2v) is 6.90. The van der Waals surface area contributed by atoms with E-state index >= 15 is 0 Å². The molecule has 136 valence electrons. The number of nitrogens with one attached hydrogen (secondary N) is 1. The molecule has 26 heavy (non-hydrogen) atoms.